The van der Waals surface area contributed by atoms with Crippen LogP contribution in [0.15, 0.2) is 42.5 Å². The van der Waals surface area contributed by atoms with Crippen molar-refractivity contribution in [2.75, 3.05) is 0 Å². The molecule has 0 atom stereocenters. The van der Waals surface area contributed by atoms with E-state index in [2.05, 4.69) is 0 Å². The fraction of sp³-hybridized carbons (Fsp3) is 0.0714. The van der Waals surface area contributed by atoms with Crippen molar-refractivity contribution in [2.45, 2.75) is 6.18 Å². The highest BCUT2D eigenvalue weighted by Crippen LogP contribution is 2.36. The maximum Gasteiger partial charge on any atom is 0.417 e. The summed E-state index contributed by atoms with van der Waals surface area (Å²) < 4.78 is 44.0. The van der Waals surface area contributed by atoms with Crippen LogP contribution in [-0.4, -0.2) is 5.24 Å². The molecule has 0 N–H and O–H groups in total. The van der Waals surface area contributed by atoms with Crippen molar-refractivity contribution >= 4 is 28.4 Å². The Balaban J connectivity index is 2.38. The maximum absolute atomic E-state index is 12.9. The number of carbonyl (C=O) groups excluding carboxylic acids is 1. The average molecular weight is 335 g/mol. The predicted molar refractivity (Wildman–Crippen MR) is 73.2 cm³/mol. The van der Waals surface area contributed by atoms with Crippen molar-refractivity contribution in [1.29, 1.82) is 0 Å². The molecule has 0 aromatic heterocycles. The van der Waals surface area contributed by atoms with Crippen molar-refractivity contribution < 1.29 is 22.7 Å². The van der Waals surface area contributed by atoms with Gasteiger partial charge in [-0.3, -0.25) is 4.79 Å². The van der Waals surface area contributed by atoms with Gasteiger partial charge in [0.15, 0.2) is 0 Å². The van der Waals surface area contributed by atoms with Crippen LogP contribution < -0.4 is 4.74 Å². The van der Waals surface area contributed by atoms with Gasteiger partial charge in [-0.15, -0.1) is 0 Å². The SMILES string of the molecule is O=C(Cl)c1ccc(Oc2ccc(Cl)cc2)cc1C(F)(F)F. The van der Waals surface area contributed by atoms with E-state index in [0.29, 0.717) is 10.8 Å². The Morgan fingerprint density at radius 3 is 2.10 bits per heavy atom. The first kappa shape index (κ1) is 15.7. The minimum Gasteiger partial charge on any atom is -0.457 e. The second-order valence-electron chi connectivity index (χ2n) is 4.03. The monoisotopic (exact) mass is 334 g/mol. The summed E-state index contributed by atoms with van der Waals surface area (Å²) in [6.45, 7) is 0. The lowest BCUT2D eigenvalue weighted by atomic mass is 10.1. The van der Waals surface area contributed by atoms with Crippen molar-refractivity contribution in [3.63, 3.8) is 0 Å². The van der Waals surface area contributed by atoms with Crippen LogP contribution in [0.3, 0.4) is 0 Å². The van der Waals surface area contributed by atoms with E-state index >= 15 is 0 Å². The molecule has 2 rings (SSSR count). The zero-order chi connectivity index (χ0) is 15.6. The van der Waals surface area contributed by atoms with Crippen molar-refractivity contribution in [3.05, 3.63) is 58.6 Å². The lowest BCUT2D eigenvalue weighted by Crippen LogP contribution is -2.11. The first-order chi connectivity index (χ1) is 9.77. The largest absolute Gasteiger partial charge is 0.457 e. The predicted octanol–water partition coefficient (Wildman–Crippen LogP) is 5.53. The minimum absolute atomic E-state index is 0.0636. The molecule has 21 heavy (non-hydrogen) atoms. The number of benzene rings is 2. The Bertz CT molecular complexity index is 667. The lowest BCUT2D eigenvalue weighted by molar-refractivity contribution is -0.137. The van der Waals surface area contributed by atoms with Gasteiger partial charge in [-0.25, -0.2) is 0 Å². The highest BCUT2D eigenvalue weighted by Gasteiger charge is 2.35. The van der Waals surface area contributed by atoms with Crippen LogP contribution in [0.4, 0.5) is 13.2 Å². The Hall–Kier alpha value is -1.72. The molecule has 7 heteroatoms. The molecule has 0 saturated heterocycles. The van der Waals surface area contributed by atoms with Crippen LogP contribution in [0.25, 0.3) is 0 Å². The Labute approximate surface area is 128 Å². The van der Waals surface area contributed by atoms with Crippen molar-refractivity contribution in [3.8, 4) is 11.5 Å². The second kappa shape index (κ2) is 5.95. The number of hydrogen-bond acceptors (Lipinski definition) is 2. The summed E-state index contributed by atoms with van der Waals surface area (Å²) in [5, 5.41) is -0.707. The van der Waals surface area contributed by atoms with Gasteiger partial charge in [0.05, 0.1) is 5.56 Å². The normalized spacial score (nSPS) is 11.3. The third kappa shape index (κ3) is 3.89. The van der Waals surface area contributed by atoms with Gasteiger partial charge in [-0.2, -0.15) is 13.2 Å². The number of halogens is 5. The molecule has 0 aliphatic heterocycles. The molecule has 0 saturated carbocycles. The number of hydrogen-bond donors (Lipinski definition) is 0. The topological polar surface area (TPSA) is 26.3 Å². The molecule has 0 unspecified atom stereocenters. The number of alkyl halides is 3. The van der Waals surface area contributed by atoms with Gasteiger partial charge in [0.2, 0.25) is 0 Å². The fourth-order valence-electron chi connectivity index (χ4n) is 1.63. The molecule has 2 aromatic carbocycles. The first-order valence-electron chi connectivity index (χ1n) is 5.62. The Morgan fingerprint density at radius 2 is 1.57 bits per heavy atom. The molecule has 2 nitrogen and oxygen atoms in total. The van der Waals surface area contributed by atoms with E-state index in [1.807, 2.05) is 0 Å². The van der Waals surface area contributed by atoms with E-state index in [-0.39, 0.29) is 5.75 Å². The van der Waals surface area contributed by atoms with E-state index in [0.717, 1.165) is 12.1 Å². The summed E-state index contributed by atoms with van der Waals surface area (Å²) in [6.07, 6.45) is -4.71. The van der Waals surface area contributed by atoms with E-state index in [9.17, 15) is 18.0 Å². The highest BCUT2D eigenvalue weighted by molar-refractivity contribution is 6.67. The summed E-state index contributed by atoms with van der Waals surface area (Å²) in [7, 11) is 0. The maximum atomic E-state index is 12.9. The third-order valence-electron chi connectivity index (χ3n) is 2.56. The molecular weight excluding hydrogens is 328 g/mol. The standard InChI is InChI=1S/C14H7Cl2F3O2/c15-8-1-3-9(4-2-8)21-10-5-6-11(13(16)20)12(7-10)14(17,18)19/h1-7H. The minimum atomic E-state index is -4.71. The van der Waals surface area contributed by atoms with E-state index in [4.69, 9.17) is 27.9 Å². The molecule has 2 aromatic rings. The van der Waals surface area contributed by atoms with E-state index < -0.39 is 22.5 Å². The summed E-state index contributed by atoms with van der Waals surface area (Å²) in [5.41, 5.74) is -1.76. The fourth-order valence-corrected chi connectivity index (χ4v) is 1.92. The highest BCUT2D eigenvalue weighted by atomic mass is 35.5. The summed E-state index contributed by atoms with van der Waals surface area (Å²) >= 11 is 10.8. The van der Waals surface area contributed by atoms with Crippen molar-refractivity contribution in [2.24, 2.45) is 0 Å². The first-order valence-corrected chi connectivity index (χ1v) is 6.37. The smallest absolute Gasteiger partial charge is 0.417 e. The number of ether oxygens (including phenoxy) is 1. The number of rotatable bonds is 3. The molecular formula is C14H7Cl2F3O2. The van der Waals surface area contributed by atoms with Gasteiger partial charge in [-0.1, -0.05) is 11.6 Å². The molecule has 110 valence electrons. The molecule has 0 heterocycles. The van der Waals surface area contributed by atoms with Gasteiger partial charge in [0.25, 0.3) is 5.24 Å². The second-order valence-corrected chi connectivity index (χ2v) is 4.81. The molecule has 0 amide bonds. The molecule has 0 bridgehead atoms. The van der Waals surface area contributed by atoms with Gasteiger partial charge in [0, 0.05) is 10.6 Å². The summed E-state index contributed by atoms with van der Waals surface area (Å²) in [4.78, 5) is 11.0. The van der Waals surface area contributed by atoms with Gasteiger partial charge >= 0.3 is 6.18 Å². The lowest BCUT2D eigenvalue weighted by Gasteiger charge is -2.13. The van der Waals surface area contributed by atoms with E-state index in [1.165, 1.54) is 30.3 Å². The molecule has 0 fully saturated rings. The van der Waals surface area contributed by atoms with Crippen LogP contribution in [0.5, 0.6) is 11.5 Å². The summed E-state index contributed by atoms with van der Waals surface area (Å²) in [6, 6.07) is 9.04. The van der Waals surface area contributed by atoms with Crippen LogP contribution in [-0.2, 0) is 6.18 Å². The molecule has 0 spiro atoms. The Morgan fingerprint density at radius 1 is 1.00 bits per heavy atom. The quantitative estimate of drug-likeness (QED) is 0.690. The third-order valence-corrected chi connectivity index (χ3v) is 3.01. The zero-order valence-corrected chi connectivity index (χ0v) is 11.8. The van der Waals surface area contributed by atoms with Crippen LogP contribution in [0, 0.1) is 0 Å². The summed E-state index contributed by atoms with van der Waals surface area (Å²) in [5.74, 6) is 0.254. The van der Waals surface area contributed by atoms with Crippen LogP contribution >= 0.6 is 23.2 Å². The van der Waals surface area contributed by atoms with Gasteiger partial charge in [-0.05, 0) is 54.1 Å². The van der Waals surface area contributed by atoms with Crippen molar-refractivity contribution in [1.82, 2.24) is 0 Å². The Kier molecular flexibility index (Phi) is 4.44. The van der Waals surface area contributed by atoms with E-state index in [1.54, 1.807) is 0 Å². The molecule has 0 radical (unpaired) electrons. The van der Waals surface area contributed by atoms with Gasteiger partial charge in [0.1, 0.15) is 11.5 Å². The molecule has 0 aliphatic carbocycles. The zero-order valence-electron chi connectivity index (χ0n) is 10.2. The van der Waals surface area contributed by atoms with Gasteiger partial charge < -0.3 is 4.74 Å². The van der Waals surface area contributed by atoms with Crippen LogP contribution in [0.2, 0.25) is 5.02 Å². The average Bonchev–Trinajstić information content (AvgIpc) is 2.40. The molecule has 0 aliphatic rings. The van der Waals surface area contributed by atoms with Crippen LogP contribution in [0.1, 0.15) is 15.9 Å². The number of carbonyl (C=O) groups is 1.